The van der Waals surface area contributed by atoms with Crippen LogP contribution in [0.2, 0.25) is 0 Å². The number of rotatable bonds is 3. The van der Waals surface area contributed by atoms with Gasteiger partial charge in [0.15, 0.2) is 6.61 Å². The maximum absolute atomic E-state index is 10.4. The van der Waals surface area contributed by atoms with Gasteiger partial charge in [-0.1, -0.05) is 0 Å². The highest BCUT2D eigenvalue weighted by molar-refractivity contribution is 6.32. The molecule has 62 valence electrons. The molecule has 0 aromatic carbocycles. The summed E-state index contributed by atoms with van der Waals surface area (Å²) < 4.78 is 8.35. The summed E-state index contributed by atoms with van der Waals surface area (Å²) in [6.07, 6.45) is 0. The van der Waals surface area contributed by atoms with Gasteiger partial charge in [-0.3, -0.25) is 4.79 Å². The minimum Gasteiger partial charge on any atom is -0.466 e. The number of ketones is 1. The van der Waals surface area contributed by atoms with Crippen molar-refractivity contribution in [2.75, 3.05) is 13.7 Å². The SMILES string of the molecule is COC(=O)COC(=O)C(C)=O. The Balaban J connectivity index is 3.63. The summed E-state index contributed by atoms with van der Waals surface area (Å²) >= 11 is 0. The zero-order valence-corrected chi connectivity index (χ0v) is 6.25. The molecule has 0 unspecified atom stereocenters. The number of methoxy groups -OCH3 is 1. The van der Waals surface area contributed by atoms with Crippen LogP contribution in [0.1, 0.15) is 6.92 Å². The largest absolute Gasteiger partial charge is 0.466 e. The smallest absolute Gasteiger partial charge is 0.374 e. The molecule has 0 atom stereocenters. The summed E-state index contributed by atoms with van der Waals surface area (Å²) in [7, 11) is 1.16. The molecule has 0 N–H and O–H groups in total. The van der Waals surface area contributed by atoms with E-state index in [0.717, 1.165) is 14.0 Å². The summed E-state index contributed by atoms with van der Waals surface area (Å²) in [4.78, 5) is 30.9. The Morgan fingerprint density at radius 1 is 1.27 bits per heavy atom. The second-order valence-corrected chi connectivity index (χ2v) is 1.71. The second-order valence-electron chi connectivity index (χ2n) is 1.71. The predicted molar refractivity (Wildman–Crippen MR) is 33.7 cm³/mol. The number of carbonyl (C=O) groups excluding carboxylic acids is 3. The second kappa shape index (κ2) is 4.43. The third-order valence-electron chi connectivity index (χ3n) is 0.836. The van der Waals surface area contributed by atoms with Crippen molar-refractivity contribution in [1.29, 1.82) is 0 Å². The fourth-order valence-corrected chi connectivity index (χ4v) is 0.285. The summed E-state index contributed by atoms with van der Waals surface area (Å²) in [5.41, 5.74) is 0. The standard InChI is InChI=1S/C6H8O5/c1-4(7)6(9)11-3-5(8)10-2/h3H2,1-2H3. The van der Waals surface area contributed by atoms with Crippen LogP contribution < -0.4 is 0 Å². The van der Waals surface area contributed by atoms with Crippen LogP contribution in [0.4, 0.5) is 0 Å². The highest BCUT2D eigenvalue weighted by Gasteiger charge is 2.10. The van der Waals surface area contributed by atoms with Gasteiger partial charge >= 0.3 is 11.9 Å². The number of carbonyl (C=O) groups is 3. The lowest BCUT2D eigenvalue weighted by Crippen LogP contribution is -2.19. The van der Waals surface area contributed by atoms with Crippen LogP contribution in [-0.4, -0.2) is 31.4 Å². The van der Waals surface area contributed by atoms with Gasteiger partial charge in [-0.2, -0.15) is 0 Å². The molecule has 0 fully saturated rings. The molecular weight excluding hydrogens is 152 g/mol. The van der Waals surface area contributed by atoms with E-state index in [2.05, 4.69) is 9.47 Å². The van der Waals surface area contributed by atoms with Crippen molar-refractivity contribution in [3.63, 3.8) is 0 Å². The summed E-state index contributed by atoms with van der Waals surface area (Å²) in [5.74, 6) is -2.47. The molecule has 0 rings (SSSR count). The molecule has 11 heavy (non-hydrogen) atoms. The number of esters is 2. The predicted octanol–water partition coefficient (Wildman–Crippen LogP) is -0.708. The van der Waals surface area contributed by atoms with Crippen molar-refractivity contribution in [3.8, 4) is 0 Å². The Bertz CT molecular complexity index is 183. The average Bonchev–Trinajstić information content (AvgIpc) is 1.99. The van der Waals surface area contributed by atoms with Crippen LogP contribution in [0.5, 0.6) is 0 Å². The van der Waals surface area contributed by atoms with Gasteiger partial charge in [0.1, 0.15) is 0 Å². The van der Waals surface area contributed by atoms with Crippen LogP contribution in [0.3, 0.4) is 0 Å². The van der Waals surface area contributed by atoms with E-state index in [4.69, 9.17) is 0 Å². The topological polar surface area (TPSA) is 69.7 Å². The van der Waals surface area contributed by atoms with E-state index in [1.54, 1.807) is 0 Å². The van der Waals surface area contributed by atoms with Crippen LogP contribution in [0, 0.1) is 0 Å². The maximum atomic E-state index is 10.4. The molecule has 0 heterocycles. The highest BCUT2D eigenvalue weighted by atomic mass is 16.6. The average molecular weight is 160 g/mol. The van der Waals surface area contributed by atoms with Crippen molar-refractivity contribution in [1.82, 2.24) is 0 Å². The van der Waals surface area contributed by atoms with Crippen LogP contribution >= 0.6 is 0 Å². The Labute approximate surface area is 63.3 Å². The minimum atomic E-state index is -1.03. The van der Waals surface area contributed by atoms with Gasteiger partial charge in [0.2, 0.25) is 5.78 Å². The number of hydrogen-bond donors (Lipinski definition) is 0. The minimum absolute atomic E-state index is 0.519. The van der Waals surface area contributed by atoms with E-state index in [0.29, 0.717) is 0 Å². The molecule has 5 nitrogen and oxygen atoms in total. The molecule has 5 heteroatoms. The Morgan fingerprint density at radius 3 is 2.18 bits per heavy atom. The normalized spacial score (nSPS) is 8.55. The first-order chi connectivity index (χ1) is 5.07. The summed E-state index contributed by atoms with van der Waals surface area (Å²) in [6, 6.07) is 0. The molecule has 0 radical (unpaired) electrons. The van der Waals surface area contributed by atoms with Gasteiger partial charge < -0.3 is 9.47 Å². The third kappa shape index (κ3) is 4.07. The van der Waals surface area contributed by atoms with Crippen molar-refractivity contribution in [3.05, 3.63) is 0 Å². The van der Waals surface area contributed by atoms with Gasteiger partial charge in [-0.15, -0.1) is 0 Å². The lowest BCUT2D eigenvalue weighted by Gasteiger charge is -1.98. The molecule has 0 saturated carbocycles. The Kier molecular flexibility index (Phi) is 3.87. The van der Waals surface area contributed by atoms with Crippen LogP contribution in [0.15, 0.2) is 0 Å². The maximum Gasteiger partial charge on any atom is 0.374 e. The van der Waals surface area contributed by atoms with Crippen molar-refractivity contribution in [2.45, 2.75) is 6.92 Å². The summed E-state index contributed by atoms with van der Waals surface area (Å²) in [6.45, 7) is 0.536. The first-order valence-corrected chi connectivity index (χ1v) is 2.82. The van der Waals surface area contributed by atoms with E-state index in [9.17, 15) is 14.4 Å². The third-order valence-corrected chi connectivity index (χ3v) is 0.836. The zero-order chi connectivity index (χ0) is 8.85. The first-order valence-electron chi connectivity index (χ1n) is 2.82. The highest BCUT2D eigenvalue weighted by Crippen LogP contribution is 1.82. The first kappa shape index (κ1) is 9.61. The number of ether oxygens (including phenoxy) is 2. The van der Waals surface area contributed by atoms with Crippen molar-refractivity contribution in [2.24, 2.45) is 0 Å². The van der Waals surface area contributed by atoms with Crippen molar-refractivity contribution < 1.29 is 23.9 Å². The Morgan fingerprint density at radius 2 is 1.82 bits per heavy atom. The quantitative estimate of drug-likeness (QED) is 0.403. The Hall–Kier alpha value is -1.39. The van der Waals surface area contributed by atoms with E-state index >= 15 is 0 Å². The molecule has 0 aliphatic rings. The number of Topliss-reactive ketones (excluding diaryl/α,β-unsaturated/α-hetero) is 1. The van der Waals surface area contributed by atoms with Gasteiger partial charge in [0.05, 0.1) is 7.11 Å². The van der Waals surface area contributed by atoms with E-state index in [-0.39, 0.29) is 0 Å². The fourth-order valence-electron chi connectivity index (χ4n) is 0.285. The molecular formula is C6H8O5. The van der Waals surface area contributed by atoms with E-state index in [1.807, 2.05) is 0 Å². The van der Waals surface area contributed by atoms with Gasteiger partial charge in [0, 0.05) is 6.92 Å². The van der Waals surface area contributed by atoms with Gasteiger partial charge in [-0.25, -0.2) is 9.59 Å². The van der Waals surface area contributed by atoms with Crippen molar-refractivity contribution >= 4 is 17.7 Å². The molecule has 0 aliphatic heterocycles. The summed E-state index contributed by atoms with van der Waals surface area (Å²) in [5, 5.41) is 0. The lowest BCUT2D eigenvalue weighted by atomic mass is 10.5. The molecule has 0 saturated heterocycles. The molecule has 0 bridgehead atoms. The van der Waals surface area contributed by atoms with Gasteiger partial charge in [0.25, 0.3) is 0 Å². The zero-order valence-electron chi connectivity index (χ0n) is 6.25. The van der Waals surface area contributed by atoms with Crippen LogP contribution in [0.25, 0.3) is 0 Å². The van der Waals surface area contributed by atoms with Crippen LogP contribution in [-0.2, 0) is 23.9 Å². The molecule has 0 aliphatic carbocycles. The molecule has 0 amide bonds. The molecule has 0 spiro atoms. The van der Waals surface area contributed by atoms with Gasteiger partial charge in [-0.05, 0) is 0 Å². The molecule has 0 aromatic rings. The van der Waals surface area contributed by atoms with E-state index < -0.39 is 24.3 Å². The lowest BCUT2D eigenvalue weighted by molar-refractivity contribution is -0.160. The molecule has 0 aromatic heterocycles. The fraction of sp³-hybridized carbons (Fsp3) is 0.500. The number of hydrogen-bond acceptors (Lipinski definition) is 5. The monoisotopic (exact) mass is 160 g/mol. The van der Waals surface area contributed by atoms with E-state index in [1.165, 1.54) is 0 Å².